The first kappa shape index (κ1) is 13.5. The third kappa shape index (κ3) is 4.94. The number of amides is 1. The molecule has 1 rings (SSSR count). The molecule has 1 aliphatic rings. The molecular weight excluding hydrogens is 204 g/mol. The van der Waals surface area contributed by atoms with Crippen molar-refractivity contribution in [1.29, 1.82) is 0 Å². The molecule has 1 fully saturated rings. The van der Waals surface area contributed by atoms with Gasteiger partial charge in [0.05, 0.1) is 0 Å². The van der Waals surface area contributed by atoms with Crippen molar-refractivity contribution >= 4 is 5.91 Å². The molecule has 0 aromatic rings. The highest BCUT2D eigenvalue weighted by Gasteiger charge is 2.21. The second-order valence-electron chi connectivity index (χ2n) is 4.55. The van der Waals surface area contributed by atoms with Gasteiger partial charge in [-0.15, -0.1) is 0 Å². The van der Waals surface area contributed by atoms with Gasteiger partial charge in [-0.2, -0.15) is 0 Å². The predicted molar refractivity (Wildman–Crippen MR) is 64.1 cm³/mol. The van der Waals surface area contributed by atoms with Crippen molar-refractivity contribution in [3.63, 3.8) is 0 Å². The van der Waals surface area contributed by atoms with Crippen LogP contribution in [0.25, 0.3) is 0 Å². The molecule has 0 aromatic carbocycles. The molecule has 0 aliphatic carbocycles. The second-order valence-corrected chi connectivity index (χ2v) is 4.55. The van der Waals surface area contributed by atoms with E-state index in [1.165, 1.54) is 0 Å². The second kappa shape index (κ2) is 7.63. The van der Waals surface area contributed by atoms with E-state index in [4.69, 9.17) is 10.5 Å². The summed E-state index contributed by atoms with van der Waals surface area (Å²) in [6.07, 6.45) is 4.54. The van der Waals surface area contributed by atoms with E-state index in [1.54, 1.807) is 0 Å². The van der Waals surface area contributed by atoms with E-state index < -0.39 is 0 Å². The fraction of sp³-hybridized carbons (Fsp3) is 0.917. The van der Waals surface area contributed by atoms with Gasteiger partial charge in [0, 0.05) is 25.7 Å². The first-order valence-electron chi connectivity index (χ1n) is 6.31. The molecule has 0 radical (unpaired) electrons. The van der Waals surface area contributed by atoms with Gasteiger partial charge in [-0.1, -0.05) is 0 Å². The van der Waals surface area contributed by atoms with E-state index in [0.29, 0.717) is 18.9 Å². The Bertz CT molecular complexity index is 203. The number of unbranched alkanes of at least 4 members (excludes halogenated alkanes) is 1. The number of hydrogen-bond donors (Lipinski definition) is 2. The maximum atomic E-state index is 11.6. The molecule has 16 heavy (non-hydrogen) atoms. The van der Waals surface area contributed by atoms with E-state index in [0.717, 1.165) is 38.9 Å². The van der Waals surface area contributed by atoms with Crippen LogP contribution in [-0.2, 0) is 9.53 Å². The number of hydrogen-bond acceptors (Lipinski definition) is 3. The van der Waals surface area contributed by atoms with Crippen LogP contribution in [0.1, 0.15) is 39.0 Å². The molecule has 1 heterocycles. The first-order valence-corrected chi connectivity index (χ1v) is 6.31. The smallest absolute Gasteiger partial charge is 0.220 e. The highest BCUT2D eigenvalue weighted by Crippen LogP contribution is 2.18. The molecule has 3 N–H and O–H groups in total. The fourth-order valence-corrected chi connectivity index (χ4v) is 2.09. The summed E-state index contributed by atoms with van der Waals surface area (Å²) in [7, 11) is 0. The zero-order valence-electron chi connectivity index (χ0n) is 10.2. The lowest BCUT2D eigenvalue weighted by molar-refractivity contribution is -0.122. The molecule has 1 amide bonds. The maximum Gasteiger partial charge on any atom is 0.220 e. The molecule has 1 unspecified atom stereocenters. The Labute approximate surface area is 97.9 Å². The minimum absolute atomic E-state index is 0.160. The Morgan fingerprint density at radius 1 is 1.44 bits per heavy atom. The molecule has 0 saturated carbocycles. The summed E-state index contributed by atoms with van der Waals surface area (Å²) in [5.74, 6) is 0.736. The van der Waals surface area contributed by atoms with Crippen molar-refractivity contribution in [2.45, 2.75) is 45.1 Å². The zero-order chi connectivity index (χ0) is 11.8. The molecule has 1 saturated heterocycles. The molecule has 94 valence electrons. The van der Waals surface area contributed by atoms with E-state index in [2.05, 4.69) is 12.2 Å². The number of rotatable bonds is 6. The molecule has 4 heteroatoms. The SMILES string of the molecule is CC(NC(=O)CCCCN)C1CCOCC1. The highest BCUT2D eigenvalue weighted by atomic mass is 16.5. The van der Waals surface area contributed by atoms with Gasteiger partial charge in [-0.25, -0.2) is 0 Å². The van der Waals surface area contributed by atoms with Crippen molar-refractivity contribution < 1.29 is 9.53 Å². The van der Waals surface area contributed by atoms with E-state index in [1.807, 2.05) is 0 Å². The predicted octanol–water partition coefficient (Wildman–Crippen LogP) is 1.05. The van der Waals surface area contributed by atoms with Gasteiger partial charge in [0.2, 0.25) is 5.91 Å². The summed E-state index contributed by atoms with van der Waals surface area (Å²) < 4.78 is 5.31. The number of carbonyl (C=O) groups excluding carboxylic acids is 1. The largest absolute Gasteiger partial charge is 0.381 e. The van der Waals surface area contributed by atoms with Crippen molar-refractivity contribution in [1.82, 2.24) is 5.32 Å². The lowest BCUT2D eigenvalue weighted by Crippen LogP contribution is -2.40. The number of carbonyl (C=O) groups is 1. The van der Waals surface area contributed by atoms with Crippen LogP contribution in [0, 0.1) is 5.92 Å². The van der Waals surface area contributed by atoms with Crippen LogP contribution in [0.15, 0.2) is 0 Å². The Hall–Kier alpha value is -0.610. The first-order chi connectivity index (χ1) is 7.74. The van der Waals surface area contributed by atoms with Crippen LogP contribution in [0.5, 0.6) is 0 Å². The topological polar surface area (TPSA) is 64.4 Å². The number of nitrogens with two attached hydrogens (primary N) is 1. The molecule has 0 spiro atoms. The minimum atomic E-state index is 0.160. The van der Waals surface area contributed by atoms with Crippen molar-refractivity contribution in [3.05, 3.63) is 0 Å². The van der Waals surface area contributed by atoms with Crippen LogP contribution < -0.4 is 11.1 Å². The molecule has 1 aliphatic heterocycles. The minimum Gasteiger partial charge on any atom is -0.381 e. The van der Waals surface area contributed by atoms with Crippen LogP contribution in [0.4, 0.5) is 0 Å². The van der Waals surface area contributed by atoms with Crippen LogP contribution in [0.2, 0.25) is 0 Å². The van der Waals surface area contributed by atoms with Gasteiger partial charge in [0.25, 0.3) is 0 Å². The van der Waals surface area contributed by atoms with E-state index >= 15 is 0 Å². The molecule has 0 bridgehead atoms. The van der Waals surface area contributed by atoms with Gasteiger partial charge in [-0.05, 0) is 45.1 Å². The molecule has 0 aromatic heterocycles. The Morgan fingerprint density at radius 3 is 2.75 bits per heavy atom. The lowest BCUT2D eigenvalue weighted by Gasteiger charge is -2.28. The monoisotopic (exact) mass is 228 g/mol. The van der Waals surface area contributed by atoms with Gasteiger partial charge in [0.1, 0.15) is 0 Å². The number of ether oxygens (including phenoxy) is 1. The lowest BCUT2D eigenvalue weighted by atomic mass is 9.93. The normalized spacial score (nSPS) is 19.4. The Balaban J connectivity index is 2.16. The van der Waals surface area contributed by atoms with Crippen LogP contribution in [-0.4, -0.2) is 31.7 Å². The van der Waals surface area contributed by atoms with Crippen molar-refractivity contribution in [3.8, 4) is 0 Å². The van der Waals surface area contributed by atoms with E-state index in [9.17, 15) is 4.79 Å². The average molecular weight is 228 g/mol. The standard InChI is InChI=1S/C12H24N2O2/c1-10(11-5-8-16-9-6-11)14-12(15)4-2-3-7-13/h10-11H,2-9,13H2,1H3,(H,14,15). The van der Waals surface area contributed by atoms with Crippen molar-refractivity contribution in [2.24, 2.45) is 11.7 Å². The summed E-state index contributed by atoms with van der Waals surface area (Å²) in [5.41, 5.74) is 5.39. The fourth-order valence-electron chi connectivity index (χ4n) is 2.09. The summed E-state index contributed by atoms with van der Waals surface area (Å²) in [5, 5.41) is 3.07. The quantitative estimate of drug-likeness (QED) is 0.668. The third-order valence-corrected chi connectivity index (χ3v) is 3.22. The molecule has 1 atom stereocenters. The highest BCUT2D eigenvalue weighted by molar-refractivity contribution is 5.76. The summed E-state index contributed by atoms with van der Waals surface area (Å²) in [6.45, 7) is 4.43. The van der Waals surface area contributed by atoms with E-state index in [-0.39, 0.29) is 11.9 Å². The Kier molecular flexibility index (Phi) is 6.42. The van der Waals surface area contributed by atoms with Gasteiger partial charge in [-0.3, -0.25) is 4.79 Å². The van der Waals surface area contributed by atoms with Gasteiger partial charge in [0.15, 0.2) is 0 Å². The number of nitrogens with one attached hydrogen (secondary N) is 1. The average Bonchev–Trinajstić information content (AvgIpc) is 2.30. The zero-order valence-corrected chi connectivity index (χ0v) is 10.2. The Morgan fingerprint density at radius 2 is 2.12 bits per heavy atom. The summed E-state index contributed by atoms with van der Waals surface area (Å²) >= 11 is 0. The van der Waals surface area contributed by atoms with Crippen LogP contribution in [0.3, 0.4) is 0 Å². The van der Waals surface area contributed by atoms with Crippen molar-refractivity contribution in [2.75, 3.05) is 19.8 Å². The maximum absolute atomic E-state index is 11.6. The summed E-state index contributed by atoms with van der Waals surface area (Å²) in [6, 6.07) is 0.272. The van der Waals surface area contributed by atoms with Gasteiger partial charge < -0.3 is 15.8 Å². The molecular formula is C12H24N2O2. The van der Waals surface area contributed by atoms with Crippen LogP contribution >= 0.6 is 0 Å². The third-order valence-electron chi connectivity index (χ3n) is 3.22. The summed E-state index contributed by atoms with van der Waals surface area (Å²) in [4.78, 5) is 11.6. The van der Waals surface area contributed by atoms with Gasteiger partial charge >= 0.3 is 0 Å². The molecule has 4 nitrogen and oxygen atoms in total.